The van der Waals surface area contributed by atoms with Crippen molar-refractivity contribution in [2.24, 2.45) is 0 Å². The van der Waals surface area contributed by atoms with Crippen molar-refractivity contribution < 1.29 is 8.78 Å². The molecular formula is C12H14F2N2. The lowest BCUT2D eigenvalue weighted by atomic mass is 10.2. The second-order valence-electron chi connectivity index (χ2n) is 3.51. The van der Waals surface area contributed by atoms with Gasteiger partial charge in [-0.1, -0.05) is 6.92 Å². The molecule has 1 aromatic rings. The summed E-state index contributed by atoms with van der Waals surface area (Å²) in [5.74, 6) is -0.843. The van der Waals surface area contributed by atoms with Gasteiger partial charge in [0.1, 0.15) is 11.6 Å². The molecule has 0 aliphatic rings. The molecule has 0 saturated carbocycles. The molecule has 1 rings (SSSR count). The van der Waals surface area contributed by atoms with Crippen LogP contribution in [0.5, 0.6) is 0 Å². The van der Waals surface area contributed by atoms with Crippen LogP contribution in [0.3, 0.4) is 0 Å². The maximum Gasteiger partial charge on any atom is 0.127 e. The summed E-state index contributed by atoms with van der Waals surface area (Å²) in [5.41, 5.74) is 0.333. The summed E-state index contributed by atoms with van der Waals surface area (Å²) in [5, 5.41) is 8.46. The Kier molecular flexibility index (Phi) is 4.87. The molecule has 0 aromatic heterocycles. The molecule has 0 heterocycles. The highest BCUT2D eigenvalue weighted by atomic mass is 19.1. The van der Waals surface area contributed by atoms with E-state index in [2.05, 4.69) is 0 Å². The van der Waals surface area contributed by atoms with Crippen LogP contribution < -0.4 is 0 Å². The number of hydrogen-bond donors (Lipinski definition) is 0. The van der Waals surface area contributed by atoms with Crippen LogP contribution in [0.1, 0.15) is 18.9 Å². The third-order valence-corrected chi connectivity index (χ3v) is 2.39. The summed E-state index contributed by atoms with van der Waals surface area (Å²) in [6, 6.07) is 5.46. The Morgan fingerprint density at radius 1 is 1.38 bits per heavy atom. The highest BCUT2D eigenvalue weighted by molar-refractivity contribution is 5.18. The summed E-state index contributed by atoms with van der Waals surface area (Å²) >= 11 is 0. The first-order chi connectivity index (χ1) is 7.67. The molecule has 0 spiro atoms. The van der Waals surface area contributed by atoms with Gasteiger partial charge in [0, 0.05) is 25.1 Å². The molecule has 0 N–H and O–H groups in total. The van der Waals surface area contributed by atoms with E-state index < -0.39 is 11.6 Å². The third-order valence-electron chi connectivity index (χ3n) is 2.39. The fraction of sp³-hybridized carbons (Fsp3) is 0.417. The molecule has 0 saturated heterocycles. The molecule has 16 heavy (non-hydrogen) atoms. The number of halogens is 2. The van der Waals surface area contributed by atoms with Gasteiger partial charge in [0.25, 0.3) is 0 Å². The van der Waals surface area contributed by atoms with E-state index in [1.54, 1.807) is 0 Å². The Bertz CT molecular complexity index is 385. The number of benzene rings is 1. The largest absolute Gasteiger partial charge is 0.298 e. The maximum absolute atomic E-state index is 13.3. The van der Waals surface area contributed by atoms with Gasteiger partial charge in [0.2, 0.25) is 0 Å². The van der Waals surface area contributed by atoms with Gasteiger partial charge in [-0.2, -0.15) is 5.26 Å². The molecule has 0 aliphatic heterocycles. The Morgan fingerprint density at radius 3 is 2.75 bits per heavy atom. The van der Waals surface area contributed by atoms with Crippen LogP contribution in [-0.2, 0) is 6.54 Å². The van der Waals surface area contributed by atoms with Gasteiger partial charge in [-0.15, -0.1) is 0 Å². The van der Waals surface area contributed by atoms with Crippen LogP contribution in [0.4, 0.5) is 8.78 Å². The zero-order chi connectivity index (χ0) is 12.0. The molecule has 0 bridgehead atoms. The molecule has 0 amide bonds. The molecule has 0 unspecified atom stereocenters. The van der Waals surface area contributed by atoms with Gasteiger partial charge in [0.15, 0.2) is 0 Å². The van der Waals surface area contributed by atoms with Gasteiger partial charge >= 0.3 is 0 Å². The standard InChI is InChI=1S/C12H14F2N2/c1-2-16(7-3-6-15)9-10-8-11(13)4-5-12(10)14/h4-5,8H,2-3,7,9H2,1H3. The van der Waals surface area contributed by atoms with E-state index in [4.69, 9.17) is 5.26 Å². The zero-order valence-electron chi connectivity index (χ0n) is 9.21. The van der Waals surface area contributed by atoms with Gasteiger partial charge in [-0.25, -0.2) is 8.78 Å². The van der Waals surface area contributed by atoms with Crippen molar-refractivity contribution in [3.63, 3.8) is 0 Å². The van der Waals surface area contributed by atoms with E-state index in [0.29, 0.717) is 31.6 Å². The fourth-order valence-corrected chi connectivity index (χ4v) is 1.46. The second-order valence-corrected chi connectivity index (χ2v) is 3.51. The van der Waals surface area contributed by atoms with Crippen molar-refractivity contribution in [2.45, 2.75) is 19.9 Å². The number of rotatable bonds is 5. The fourth-order valence-electron chi connectivity index (χ4n) is 1.46. The van der Waals surface area contributed by atoms with E-state index in [9.17, 15) is 8.78 Å². The second kappa shape index (κ2) is 6.19. The van der Waals surface area contributed by atoms with E-state index in [0.717, 1.165) is 12.1 Å². The molecular weight excluding hydrogens is 210 g/mol. The quantitative estimate of drug-likeness (QED) is 0.768. The van der Waals surface area contributed by atoms with Crippen molar-refractivity contribution in [3.8, 4) is 6.07 Å². The first kappa shape index (κ1) is 12.6. The molecule has 1 aromatic carbocycles. The average molecular weight is 224 g/mol. The lowest BCUT2D eigenvalue weighted by Crippen LogP contribution is -2.24. The lowest BCUT2D eigenvalue weighted by molar-refractivity contribution is 0.282. The molecule has 86 valence electrons. The molecule has 0 radical (unpaired) electrons. The lowest BCUT2D eigenvalue weighted by Gasteiger charge is -2.19. The Balaban J connectivity index is 2.70. The predicted molar refractivity (Wildman–Crippen MR) is 57.5 cm³/mol. The van der Waals surface area contributed by atoms with E-state index in [1.807, 2.05) is 17.9 Å². The van der Waals surface area contributed by atoms with Gasteiger partial charge in [0.05, 0.1) is 6.07 Å². The smallest absolute Gasteiger partial charge is 0.127 e. The summed E-state index contributed by atoms with van der Waals surface area (Å²) in [4.78, 5) is 1.90. The van der Waals surface area contributed by atoms with Gasteiger partial charge in [-0.05, 0) is 24.7 Å². The maximum atomic E-state index is 13.3. The predicted octanol–water partition coefficient (Wildman–Crippen LogP) is 2.70. The number of nitriles is 1. The molecule has 4 heteroatoms. The van der Waals surface area contributed by atoms with E-state index in [1.165, 1.54) is 6.07 Å². The molecule has 0 fully saturated rings. The van der Waals surface area contributed by atoms with Crippen molar-refractivity contribution in [1.82, 2.24) is 4.90 Å². The van der Waals surface area contributed by atoms with E-state index in [-0.39, 0.29) is 0 Å². The zero-order valence-corrected chi connectivity index (χ0v) is 9.21. The van der Waals surface area contributed by atoms with Crippen molar-refractivity contribution >= 4 is 0 Å². The minimum atomic E-state index is -0.437. The highest BCUT2D eigenvalue weighted by Crippen LogP contribution is 2.12. The normalized spacial score (nSPS) is 10.4. The SMILES string of the molecule is CCN(CCC#N)Cc1cc(F)ccc1F. The van der Waals surface area contributed by atoms with Crippen LogP contribution in [0, 0.1) is 23.0 Å². The van der Waals surface area contributed by atoms with Crippen molar-refractivity contribution in [2.75, 3.05) is 13.1 Å². The molecule has 0 aliphatic carbocycles. The van der Waals surface area contributed by atoms with Crippen LogP contribution in [0.25, 0.3) is 0 Å². The van der Waals surface area contributed by atoms with Gasteiger partial charge in [-0.3, -0.25) is 4.90 Å². The highest BCUT2D eigenvalue weighted by Gasteiger charge is 2.08. The first-order valence-electron chi connectivity index (χ1n) is 5.20. The number of nitrogens with zero attached hydrogens (tertiary/aromatic N) is 2. The monoisotopic (exact) mass is 224 g/mol. The summed E-state index contributed by atoms with van der Waals surface area (Å²) in [7, 11) is 0. The minimum Gasteiger partial charge on any atom is -0.298 e. The van der Waals surface area contributed by atoms with E-state index >= 15 is 0 Å². The molecule has 0 atom stereocenters. The topological polar surface area (TPSA) is 27.0 Å². The summed E-state index contributed by atoms with van der Waals surface area (Å²) in [6.07, 6.45) is 0.394. The van der Waals surface area contributed by atoms with Crippen LogP contribution >= 0.6 is 0 Å². The summed E-state index contributed by atoms with van der Waals surface area (Å²) in [6.45, 7) is 3.54. The third kappa shape index (κ3) is 3.59. The Morgan fingerprint density at radius 2 is 2.12 bits per heavy atom. The summed E-state index contributed by atoms with van der Waals surface area (Å²) < 4.78 is 26.2. The van der Waals surface area contributed by atoms with Crippen LogP contribution in [-0.4, -0.2) is 18.0 Å². The first-order valence-corrected chi connectivity index (χ1v) is 5.20. The number of hydrogen-bond acceptors (Lipinski definition) is 2. The van der Waals surface area contributed by atoms with Crippen LogP contribution in [0.2, 0.25) is 0 Å². The van der Waals surface area contributed by atoms with Crippen molar-refractivity contribution in [1.29, 1.82) is 5.26 Å². The Labute approximate surface area is 94.1 Å². The van der Waals surface area contributed by atoms with Crippen LogP contribution in [0.15, 0.2) is 18.2 Å². The molecule has 2 nitrogen and oxygen atoms in total. The Hall–Kier alpha value is -1.47. The minimum absolute atomic E-state index is 0.333. The average Bonchev–Trinajstić information content (AvgIpc) is 2.28. The van der Waals surface area contributed by atoms with Gasteiger partial charge < -0.3 is 0 Å². The van der Waals surface area contributed by atoms with Crippen molar-refractivity contribution in [3.05, 3.63) is 35.4 Å².